The van der Waals surface area contributed by atoms with Gasteiger partial charge < -0.3 is 15.5 Å². The Morgan fingerprint density at radius 1 is 0.309 bits per heavy atom. The summed E-state index contributed by atoms with van der Waals surface area (Å²) in [6.45, 7) is 4.26. The van der Waals surface area contributed by atoms with Crippen molar-refractivity contribution in [2.75, 3.05) is 6.61 Å². The van der Waals surface area contributed by atoms with Gasteiger partial charge in [-0.15, -0.1) is 0 Å². The van der Waals surface area contributed by atoms with E-state index in [4.69, 9.17) is 0 Å². The molecule has 81 heavy (non-hydrogen) atoms. The summed E-state index contributed by atoms with van der Waals surface area (Å²) in [5.41, 5.74) is 0. The highest BCUT2D eigenvalue weighted by molar-refractivity contribution is 5.76. The molecule has 0 aromatic carbocycles. The van der Waals surface area contributed by atoms with Crippen molar-refractivity contribution >= 4 is 5.91 Å². The number of rotatable bonds is 63. The molecule has 0 fully saturated rings. The van der Waals surface area contributed by atoms with Crippen molar-refractivity contribution < 1.29 is 15.0 Å². The molecular formula is C77H133NO3. The van der Waals surface area contributed by atoms with Crippen molar-refractivity contribution in [1.82, 2.24) is 5.32 Å². The monoisotopic (exact) mass is 1120 g/mol. The highest BCUT2D eigenvalue weighted by Gasteiger charge is 2.20. The quantitative estimate of drug-likeness (QED) is 0.0420. The summed E-state index contributed by atoms with van der Waals surface area (Å²) in [5.74, 6) is -0.0437. The molecule has 3 N–H and O–H groups in total. The minimum absolute atomic E-state index is 0.0437. The van der Waals surface area contributed by atoms with Crippen LogP contribution < -0.4 is 5.32 Å². The van der Waals surface area contributed by atoms with Crippen LogP contribution in [0.5, 0.6) is 0 Å². The molecule has 4 heteroatoms. The van der Waals surface area contributed by atoms with E-state index in [1.54, 1.807) is 0 Å². The Hall–Kier alpha value is -3.47. The van der Waals surface area contributed by atoms with Gasteiger partial charge in [-0.1, -0.05) is 359 Å². The van der Waals surface area contributed by atoms with Crippen LogP contribution in [-0.2, 0) is 4.79 Å². The van der Waals surface area contributed by atoms with E-state index in [-0.39, 0.29) is 12.5 Å². The first-order valence-electron chi connectivity index (χ1n) is 34.9. The molecule has 0 spiro atoms. The number of carbonyl (C=O) groups excluding carboxylic acids is 1. The van der Waals surface area contributed by atoms with E-state index < -0.39 is 12.1 Å². The number of aliphatic hydroxyl groups excluding tert-OH is 2. The van der Waals surface area contributed by atoms with Crippen LogP contribution in [-0.4, -0.2) is 34.9 Å². The van der Waals surface area contributed by atoms with E-state index in [0.717, 1.165) is 109 Å². The number of carbonyl (C=O) groups is 1. The van der Waals surface area contributed by atoms with E-state index in [1.165, 1.54) is 193 Å². The van der Waals surface area contributed by atoms with E-state index in [9.17, 15) is 15.0 Å². The second-order valence-corrected chi connectivity index (χ2v) is 23.2. The minimum atomic E-state index is -0.675. The maximum absolute atomic E-state index is 12.6. The summed E-state index contributed by atoms with van der Waals surface area (Å²) in [4.78, 5) is 12.6. The second kappa shape index (κ2) is 70.8. The van der Waals surface area contributed by atoms with Crippen molar-refractivity contribution in [3.63, 3.8) is 0 Å². The fourth-order valence-corrected chi connectivity index (χ4v) is 10.2. The normalized spacial score (nSPS) is 13.6. The number of nitrogens with one attached hydrogen (secondary N) is 1. The number of hydrogen-bond acceptors (Lipinski definition) is 3. The lowest BCUT2D eigenvalue weighted by molar-refractivity contribution is -0.123. The first-order chi connectivity index (χ1) is 40.2. The summed E-state index contributed by atoms with van der Waals surface area (Å²) in [5, 5.41) is 23.5. The van der Waals surface area contributed by atoms with Crippen molar-refractivity contribution in [3.05, 3.63) is 134 Å². The zero-order chi connectivity index (χ0) is 58.4. The number of aliphatic hydroxyl groups is 2. The molecule has 0 aromatic rings. The van der Waals surface area contributed by atoms with Gasteiger partial charge in [0.25, 0.3) is 0 Å². The van der Waals surface area contributed by atoms with E-state index in [1.807, 2.05) is 0 Å². The molecule has 2 atom stereocenters. The summed E-state index contributed by atoms with van der Waals surface area (Å²) in [6.07, 6.45) is 109. The Labute approximate surface area is 504 Å². The fourth-order valence-electron chi connectivity index (χ4n) is 10.2. The molecule has 0 saturated heterocycles. The number of unbranched alkanes of at least 4 members (excludes halogenated alkanes) is 34. The Kier molecular flexibility index (Phi) is 67.8. The average molecular weight is 1120 g/mol. The fraction of sp³-hybridized carbons (Fsp3) is 0.701. The van der Waals surface area contributed by atoms with Gasteiger partial charge in [-0.3, -0.25) is 4.79 Å². The molecule has 0 heterocycles. The standard InChI is InChI=1S/C77H133NO3/c1-3-5-7-9-11-13-15-17-19-21-23-25-27-29-31-33-34-35-36-37-38-39-40-41-42-43-44-45-47-49-51-53-55-57-59-61-63-65-67-69-71-73-77(81)78-75(74-79)76(80)72-70-68-66-64-62-60-58-56-54-52-50-48-46-32-30-28-26-24-22-20-18-16-14-12-10-8-6-4-2/h5,7,11,13,17,19,23,25,29,31,34-35,37-38,40-41,43-44,47,49,53,55,75-76,79-80H,3-4,6,8-10,12,14-16,18,20-22,24,26-28,30,32-33,36,39,42,45-46,48,50-52,54,56-74H2,1-2H3,(H,78,81)/b7-5-,13-11-,19-17-,25-23-,31-29-,35-34-,38-37-,41-40-,44-43-,49-47-,55-53-. The molecule has 0 rings (SSSR count). The van der Waals surface area contributed by atoms with Crippen molar-refractivity contribution in [2.24, 2.45) is 0 Å². The molecule has 0 radical (unpaired) electrons. The van der Waals surface area contributed by atoms with E-state index >= 15 is 0 Å². The Morgan fingerprint density at radius 2 is 0.543 bits per heavy atom. The van der Waals surface area contributed by atoms with E-state index in [2.05, 4.69) is 153 Å². The first-order valence-corrected chi connectivity index (χ1v) is 34.9. The third-order valence-corrected chi connectivity index (χ3v) is 15.4. The Balaban J connectivity index is 3.57. The number of allylic oxidation sites excluding steroid dienone is 22. The first kappa shape index (κ1) is 77.5. The summed E-state index contributed by atoms with van der Waals surface area (Å²) < 4.78 is 0. The topological polar surface area (TPSA) is 69.6 Å². The molecule has 2 unspecified atom stereocenters. The van der Waals surface area contributed by atoms with Crippen molar-refractivity contribution in [1.29, 1.82) is 0 Å². The van der Waals surface area contributed by atoms with Crippen LogP contribution in [0.15, 0.2) is 134 Å². The molecule has 0 aromatic heterocycles. The number of hydrogen-bond donors (Lipinski definition) is 3. The van der Waals surface area contributed by atoms with Gasteiger partial charge in [-0.25, -0.2) is 0 Å². The van der Waals surface area contributed by atoms with Crippen LogP contribution in [0.25, 0.3) is 0 Å². The lowest BCUT2D eigenvalue weighted by Crippen LogP contribution is -2.45. The third kappa shape index (κ3) is 67.2. The molecule has 0 bridgehead atoms. The Morgan fingerprint density at radius 3 is 0.815 bits per heavy atom. The van der Waals surface area contributed by atoms with Crippen LogP contribution >= 0.6 is 0 Å². The molecule has 4 nitrogen and oxygen atoms in total. The van der Waals surface area contributed by atoms with E-state index in [0.29, 0.717) is 12.8 Å². The molecule has 1 amide bonds. The van der Waals surface area contributed by atoms with Gasteiger partial charge in [0.1, 0.15) is 0 Å². The summed E-state index contributed by atoms with van der Waals surface area (Å²) in [6, 6.07) is -0.554. The molecule has 0 aliphatic heterocycles. The van der Waals surface area contributed by atoms with Crippen LogP contribution in [0.2, 0.25) is 0 Å². The van der Waals surface area contributed by atoms with Crippen LogP contribution in [0.4, 0.5) is 0 Å². The molecule has 0 saturated carbocycles. The minimum Gasteiger partial charge on any atom is -0.394 e. The zero-order valence-electron chi connectivity index (χ0n) is 53.5. The average Bonchev–Trinajstić information content (AvgIpc) is 3.47. The summed E-state index contributed by atoms with van der Waals surface area (Å²) in [7, 11) is 0. The van der Waals surface area contributed by atoms with Gasteiger partial charge in [-0.2, -0.15) is 0 Å². The van der Waals surface area contributed by atoms with Gasteiger partial charge >= 0.3 is 0 Å². The van der Waals surface area contributed by atoms with Crippen LogP contribution in [0.3, 0.4) is 0 Å². The predicted octanol–water partition coefficient (Wildman–Crippen LogP) is 24.1. The van der Waals surface area contributed by atoms with Crippen LogP contribution in [0, 0.1) is 0 Å². The van der Waals surface area contributed by atoms with Crippen molar-refractivity contribution in [2.45, 2.75) is 341 Å². The maximum Gasteiger partial charge on any atom is 0.220 e. The number of amides is 1. The van der Waals surface area contributed by atoms with Gasteiger partial charge in [-0.05, 0) is 96.3 Å². The van der Waals surface area contributed by atoms with Gasteiger partial charge in [0.05, 0.1) is 18.8 Å². The van der Waals surface area contributed by atoms with Gasteiger partial charge in [0.2, 0.25) is 5.91 Å². The summed E-state index contributed by atoms with van der Waals surface area (Å²) >= 11 is 0. The molecular weight excluding hydrogens is 987 g/mol. The van der Waals surface area contributed by atoms with Crippen molar-refractivity contribution in [3.8, 4) is 0 Å². The van der Waals surface area contributed by atoms with Gasteiger partial charge in [0.15, 0.2) is 0 Å². The maximum atomic E-state index is 12.6. The highest BCUT2D eigenvalue weighted by Crippen LogP contribution is 2.18. The lowest BCUT2D eigenvalue weighted by Gasteiger charge is -2.22. The predicted molar refractivity (Wildman–Crippen MR) is 363 cm³/mol. The lowest BCUT2D eigenvalue weighted by atomic mass is 10.0. The second-order valence-electron chi connectivity index (χ2n) is 23.2. The highest BCUT2D eigenvalue weighted by atomic mass is 16.3. The Bertz CT molecular complexity index is 1600. The smallest absolute Gasteiger partial charge is 0.220 e. The van der Waals surface area contributed by atoms with Crippen LogP contribution in [0.1, 0.15) is 328 Å². The van der Waals surface area contributed by atoms with Gasteiger partial charge in [0, 0.05) is 6.42 Å². The molecule has 464 valence electrons. The molecule has 0 aliphatic carbocycles. The molecule has 0 aliphatic rings. The SMILES string of the molecule is CC/C=C\C/C=C\C/C=C\C/C=C\C/C=C\C/C=C\C/C=C\C/C=C\C/C=C\C/C=C\C/C=C\CCCCCCCCCC(=O)NC(CO)C(O)CCCCCCCCCCCCCCCCCCCCCCCCCCCCCC. The largest absolute Gasteiger partial charge is 0.394 e. The third-order valence-electron chi connectivity index (χ3n) is 15.4. The zero-order valence-corrected chi connectivity index (χ0v) is 53.5.